The van der Waals surface area contributed by atoms with Crippen molar-refractivity contribution < 1.29 is 28.7 Å². The van der Waals surface area contributed by atoms with Gasteiger partial charge in [0.05, 0.1) is 16.9 Å². The van der Waals surface area contributed by atoms with Crippen LogP contribution in [0.4, 0.5) is 0 Å². The Morgan fingerprint density at radius 3 is 2.26 bits per heavy atom. The van der Waals surface area contributed by atoms with E-state index in [0.29, 0.717) is 12.8 Å². The van der Waals surface area contributed by atoms with E-state index in [1.807, 2.05) is 30.3 Å². The maximum absolute atomic E-state index is 13.1. The van der Waals surface area contributed by atoms with E-state index in [9.17, 15) is 19.2 Å². The third-order valence-corrected chi connectivity index (χ3v) is 4.57. The molecular formula is C24H36N5O5+. The number of ether oxygens (including phenoxy) is 1. The molecule has 0 aromatic heterocycles. The fourth-order valence-electron chi connectivity index (χ4n) is 3.07. The van der Waals surface area contributed by atoms with Gasteiger partial charge in [-0.25, -0.2) is 4.79 Å². The SMILES string of the molecule is CN(C)CC(=O)N[C@@H](CCc1ccccc1)C(=O)N[C@@H](CCC(=O)C=[N+]=N)C(=O)OC(C)(C)C. The van der Waals surface area contributed by atoms with Gasteiger partial charge < -0.3 is 20.3 Å². The van der Waals surface area contributed by atoms with Crippen LogP contribution in [0.15, 0.2) is 30.3 Å². The van der Waals surface area contributed by atoms with Crippen molar-refractivity contribution in [3.63, 3.8) is 0 Å². The second kappa shape index (κ2) is 14.0. The smallest absolute Gasteiger partial charge is 0.372 e. The van der Waals surface area contributed by atoms with Crippen molar-refractivity contribution in [1.29, 1.82) is 5.53 Å². The summed E-state index contributed by atoms with van der Waals surface area (Å²) in [7, 11) is 3.49. The van der Waals surface area contributed by atoms with E-state index < -0.39 is 35.3 Å². The number of carbonyl (C=O) groups excluding carboxylic acids is 4. The monoisotopic (exact) mass is 474 g/mol. The molecule has 1 aromatic rings. The van der Waals surface area contributed by atoms with Gasteiger partial charge in [-0.05, 0) is 59.7 Å². The molecule has 0 heterocycles. The van der Waals surface area contributed by atoms with Gasteiger partial charge in [0.1, 0.15) is 17.7 Å². The Hall–Kier alpha value is -3.36. The summed E-state index contributed by atoms with van der Waals surface area (Å²) in [6, 6.07) is 7.56. The van der Waals surface area contributed by atoms with Gasteiger partial charge in [0.25, 0.3) is 0 Å². The number of nitrogens with one attached hydrogen (secondary N) is 3. The van der Waals surface area contributed by atoms with Crippen LogP contribution < -0.4 is 10.6 Å². The fraction of sp³-hybridized carbons (Fsp3) is 0.542. The Bertz CT molecular complexity index is 889. The van der Waals surface area contributed by atoms with Crippen molar-refractivity contribution in [3.8, 4) is 0 Å². The van der Waals surface area contributed by atoms with Crippen molar-refractivity contribution in [2.45, 2.75) is 64.1 Å². The van der Waals surface area contributed by atoms with E-state index in [4.69, 9.17) is 10.3 Å². The molecule has 2 atom stereocenters. The summed E-state index contributed by atoms with van der Waals surface area (Å²) in [6.07, 6.45) is 1.58. The van der Waals surface area contributed by atoms with E-state index in [1.54, 1.807) is 39.8 Å². The molecule has 0 aliphatic carbocycles. The lowest BCUT2D eigenvalue weighted by atomic mass is 10.0. The molecular weight excluding hydrogens is 438 g/mol. The topological polar surface area (TPSA) is 143 Å². The Labute approximate surface area is 200 Å². The number of nitrogens with zero attached hydrogens (tertiary/aromatic N) is 2. The molecule has 10 heteroatoms. The van der Waals surface area contributed by atoms with E-state index in [-0.39, 0.29) is 25.3 Å². The van der Waals surface area contributed by atoms with E-state index >= 15 is 0 Å². The van der Waals surface area contributed by atoms with Gasteiger partial charge in [-0.2, -0.15) is 0 Å². The van der Waals surface area contributed by atoms with Gasteiger partial charge in [0.2, 0.25) is 17.6 Å². The van der Waals surface area contributed by atoms with Gasteiger partial charge in [0.15, 0.2) is 0 Å². The van der Waals surface area contributed by atoms with Gasteiger partial charge >= 0.3 is 12.2 Å². The largest absolute Gasteiger partial charge is 0.458 e. The first-order valence-corrected chi connectivity index (χ1v) is 11.1. The summed E-state index contributed by atoms with van der Waals surface area (Å²) in [5, 5.41) is 5.38. The highest BCUT2D eigenvalue weighted by molar-refractivity contribution is 6.25. The third kappa shape index (κ3) is 12.0. The molecule has 0 unspecified atom stereocenters. The molecule has 34 heavy (non-hydrogen) atoms. The summed E-state index contributed by atoms with van der Waals surface area (Å²) in [5.74, 6) is -2.00. The zero-order valence-corrected chi connectivity index (χ0v) is 20.6. The maximum atomic E-state index is 13.1. The zero-order chi connectivity index (χ0) is 25.7. The highest BCUT2D eigenvalue weighted by Crippen LogP contribution is 2.12. The molecule has 0 saturated heterocycles. The van der Waals surface area contributed by atoms with Gasteiger partial charge in [0, 0.05) is 6.42 Å². The number of rotatable bonds is 13. The first-order chi connectivity index (χ1) is 15.9. The number of hydrogen-bond acceptors (Lipinski definition) is 7. The van der Waals surface area contributed by atoms with Crippen molar-refractivity contribution in [1.82, 2.24) is 15.5 Å². The van der Waals surface area contributed by atoms with Gasteiger partial charge in [-0.3, -0.25) is 14.4 Å². The quantitative estimate of drug-likeness (QED) is 0.169. The van der Waals surface area contributed by atoms with Gasteiger partial charge in [-0.1, -0.05) is 30.3 Å². The van der Waals surface area contributed by atoms with Crippen LogP contribution in [0.3, 0.4) is 0 Å². The molecule has 0 fully saturated rings. The summed E-state index contributed by atoms with van der Waals surface area (Å²) >= 11 is 0. The number of hydrogen-bond donors (Lipinski definition) is 3. The van der Waals surface area contributed by atoms with Crippen LogP contribution in [-0.4, -0.2) is 77.8 Å². The van der Waals surface area contributed by atoms with Crippen LogP contribution in [0.5, 0.6) is 0 Å². The van der Waals surface area contributed by atoms with E-state index in [2.05, 4.69) is 15.4 Å². The minimum atomic E-state index is -1.10. The molecule has 0 saturated carbocycles. The van der Waals surface area contributed by atoms with Crippen LogP contribution in [0.2, 0.25) is 0 Å². The van der Waals surface area contributed by atoms with E-state index in [1.165, 1.54) is 0 Å². The summed E-state index contributed by atoms with van der Waals surface area (Å²) in [4.78, 5) is 54.7. The normalized spacial score (nSPS) is 12.8. The molecule has 186 valence electrons. The van der Waals surface area contributed by atoms with Crippen LogP contribution in [0, 0.1) is 5.53 Å². The van der Waals surface area contributed by atoms with E-state index in [0.717, 1.165) is 11.8 Å². The average molecular weight is 475 g/mol. The highest BCUT2D eigenvalue weighted by Gasteiger charge is 2.30. The maximum Gasteiger partial charge on any atom is 0.372 e. The number of benzene rings is 1. The number of amides is 2. The van der Waals surface area contributed by atoms with Crippen LogP contribution in [0.25, 0.3) is 0 Å². The molecule has 3 N–H and O–H groups in total. The number of aryl methyl sites for hydroxylation is 1. The summed E-state index contributed by atoms with van der Waals surface area (Å²) in [5.41, 5.74) is 6.98. The Morgan fingerprint density at radius 2 is 1.71 bits per heavy atom. The standard InChI is InChI=1S/C24H35N5O5/c1-24(2,3)34-23(33)20(14-12-18(30)15-26-25)28-22(32)19(27-21(31)16-29(4)5)13-11-17-9-7-6-8-10-17/h6-10,15,19-20,25H,11-14,16H2,1-5H3,(H-,27,28,31,32)/p+1/t19-,20-/m0/s1. The Balaban J connectivity index is 3.01. The van der Waals surface area contributed by atoms with Crippen LogP contribution in [-0.2, 0) is 30.3 Å². The number of Topliss-reactive ketones (excluding diaryl/α,β-unsaturated/α-hetero) is 1. The number of likely N-dealkylation sites (N-methyl/N-ethyl adjacent to an activating group) is 1. The molecule has 2 amide bonds. The second-order valence-electron chi connectivity index (χ2n) is 9.24. The van der Waals surface area contributed by atoms with Crippen LogP contribution in [0.1, 0.15) is 45.6 Å². The molecule has 0 radical (unpaired) electrons. The lowest BCUT2D eigenvalue weighted by Gasteiger charge is -2.26. The molecule has 1 aromatic carbocycles. The van der Waals surface area contributed by atoms with Crippen LogP contribution >= 0.6 is 0 Å². The number of carbonyl (C=O) groups is 4. The first-order valence-electron chi connectivity index (χ1n) is 11.1. The number of esters is 1. The van der Waals surface area contributed by atoms with Crippen molar-refractivity contribution in [2.75, 3.05) is 20.6 Å². The minimum absolute atomic E-state index is 0.0252. The molecule has 10 nitrogen and oxygen atoms in total. The Kier molecular flexibility index (Phi) is 11.8. The average Bonchev–Trinajstić information content (AvgIpc) is 2.73. The molecule has 1 rings (SSSR count). The lowest BCUT2D eigenvalue weighted by molar-refractivity contribution is -0.159. The fourth-order valence-corrected chi connectivity index (χ4v) is 3.07. The second-order valence-corrected chi connectivity index (χ2v) is 9.24. The van der Waals surface area contributed by atoms with Crippen molar-refractivity contribution in [3.05, 3.63) is 35.9 Å². The number of ketones is 1. The lowest BCUT2D eigenvalue weighted by Crippen LogP contribution is -2.53. The summed E-state index contributed by atoms with van der Waals surface area (Å²) in [6.45, 7) is 5.20. The molecule has 0 spiro atoms. The Morgan fingerprint density at radius 1 is 1.06 bits per heavy atom. The molecule has 0 aliphatic heterocycles. The molecule has 0 aliphatic rings. The third-order valence-electron chi connectivity index (χ3n) is 4.57. The zero-order valence-electron chi connectivity index (χ0n) is 20.6. The summed E-state index contributed by atoms with van der Waals surface area (Å²) < 4.78 is 5.41. The minimum Gasteiger partial charge on any atom is -0.458 e. The molecule has 0 bridgehead atoms. The van der Waals surface area contributed by atoms with Crippen molar-refractivity contribution in [2.24, 2.45) is 0 Å². The predicted octanol–water partition coefficient (Wildman–Crippen LogP) is 1.15. The highest BCUT2D eigenvalue weighted by atomic mass is 16.6. The van der Waals surface area contributed by atoms with Gasteiger partial charge in [-0.15, -0.1) is 0 Å². The van der Waals surface area contributed by atoms with Crippen molar-refractivity contribution >= 4 is 29.8 Å². The predicted molar refractivity (Wildman–Crippen MR) is 126 cm³/mol. The first kappa shape index (κ1) is 28.7.